The molecule has 1 aromatic rings. The highest BCUT2D eigenvalue weighted by molar-refractivity contribution is 5.69. The van der Waals surface area contributed by atoms with E-state index in [1.54, 1.807) is 0 Å². The molecule has 0 atom stereocenters. The zero-order chi connectivity index (χ0) is 14.3. The van der Waals surface area contributed by atoms with Gasteiger partial charge in [-0.3, -0.25) is 4.98 Å². The van der Waals surface area contributed by atoms with Crippen LogP contribution in [0.3, 0.4) is 0 Å². The summed E-state index contributed by atoms with van der Waals surface area (Å²) in [4.78, 5) is 14.8. The molecule has 1 fully saturated rings. The quantitative estimate of drug-likeness (QED) is 0.846. The van der Waals surface area contributed by atoms with Crippen molar-refractivity contribution in [3.8, 4) is 0 Å². The molecule has 104 valence electrons. The van der Waals surface area contributed by atoms with Crippen molar-refractivity contribution in [1.82, 2.24) is 10.3 Å². The Morgan fingerprint density at radius 1 is 1.47 bits per heavy atom. The van der Waals surface area contributed by atoms with Crippen molar-refractivity contribution in [3.63, 3.8) is 0 Å². The number of nitrogens with one attached hydrogen (secondary N) is 1. The van der Waals surface area contributed by atoms with Gasteiger partial charge in [0.2, 0.25) is 0 Å². The Balaban J connectivity index is 2.34. The summed E-state index contributed by atoms with van der Waals surface area (Å²) in [5, 5.41) is 2.42. The summed E-state index contributed by atoms with van der Waals surface area (Å²) in [6.45, 7) is 0. The second-order valence-electron chi connectivity index (χ2n) is 4.25. The van der Waals surface area contributed by atoms with Gasteiger partial charge in [0.1, 0.15) is 0 Å². The van der Waals surface area contributed by atoms with Gasteiger partial charge in [0.05, 0.1) is 30.1 Å². The normalized spacial score (nSPS) is 16.9. The Morgan fingerprint density at radius 2 is 2.11 bits per heavy atom. The van der Waals surface area contributed by atoms with E-state index in [2.05, 4.69) is 15.0 Å². The smallest absolute Gasteiger partial charge is 0.419 e. The highest BCUT2D eigenvalue weighted by Crippen LogP contribution is 2.46. The van der Waals surface area contributed by atoms with Gasteiger partial charge in [-0.25, -0.2) is 9.18 Å². The monoisotopic (exact) mass is 278 g/mol. The number of alkyl carbamates (subject to hydrolysis) is 1. The average molecular weight is 278 g/mol. The van der Waals surface area contributed by atoms with E-state index >= 15 is 0 Å². The van der Waals surface area contributed by atoms with Crippen molar-refractivity contribution in [1.29, 1.82) is 0 Å². The molecule has 1 aliphatic rings. The molecule has 4 nitrogen and oxygen atoms in total. The topological polar surface area (TPSA) is 51.2 Å². The lowest BCUT2D eigenvalue weighted by atomic mass is 10.1. The summed E-state index contributed by atoms with van der Waals surface area (Å²) in [6.07, 6.45) is -4.20. The maximum atomic E-state index is 13.1. The number of pyridine rings is 1. The number of hydrogen-bond acceptors (Lipinski definition) is 3. The summed E-state index contributed by atoms with van der Waals surface area (Å²) in [5.41, 5.74) is -2.40. The van der Waals surface area contributed by atoms with Crippen LogP contribution >= 0.6 is 0 Å². The van der Waals surface area contributed by atoms with Crippen molar-refractivity contribution in [2.45, 2.75) is 24.6 Å². The lowest BCUT2D eigenvalue weighted by Crippen LogP contribution is -2.35. The van der Waals surface area contributed by atoms with E-state index in [0.29, 0.717) is 25.1 Å². The van der Waals surface area contributed by atoms with E-state index in [-0.39, 0.29) is 5.69 Å². The second kappa shape index (κ2) is 4.36. The van der Waals surface area contributed by atoms with Gasteiger partial charge in [0, 0.05) is 0 Å². The third kappa shape index (κ3) is 2.61. The van der Waals surface area contributed by atoms with Gasteiger partial charge in [0.15, 0.2) is 5.82 Å². The van der Waals surface area contributed by atoms with E-state index in [0.717, 1.165) is 7.11 Å². The zero-order valence-corrected chi connectivity index (χ0v) is 9.84. The molecule has 0 bridgehead atoms. The Kier molecular flexibility index (Phi) is 3.11. The number of hydrogen-bond donors (Lipinski definition) is 1. The number of methoxy groups -OCH3 is 1. The number of rotatable bonds is 2. The molecule has 0 aromatic carbocycles. The fraction of sp³-hybridized carbons (Fsp3) is 0.455. The summed E-state index contributed by atoms with van der Waals surface area (Å²) in [5.74, 6) is -1.44. The number of carbonyl (C=O) groups is 1. The highest BCUT2D eigenvalue weighted by atomic mass is 19.4. The van der Waals surface area contributed by atoms with Crippen LogP contribution in [0.15, 0.2) is 12.3 Å². The fourth-order valence-corrected chi connectivity index (χ4v) is 1.73. The number of amides is 1. The van der Waals surface area contributed by atoms with Crippen molar-refractivity contribution in [3.05, 3.63) is 29.3 Å². The van der Waals surface area contributed by atoms with Crippen molar-refractivity contribution < 1.29 is 27.1 Å². The Bertz CT molecular complexity index is 512. The van der Waals surface area contributed by atoms with Crippen molar-refractivity contribution in [2.24, 2.45) is 0 Å². The fourth-order valence-electron chi connectivity index (χ4n) is 1.73. The molecular formula is C11H10F4N2O2. The first-order valence-corrected chi connectivity index (χ1v) is 5.38. The molecule has 2 rings (SSSR count). The van der Waals surface area contributed by atoms with Crippen LogP contribution in [0.1, 0.15) is 24.1 Å². The molecule has 0 saturated heterocycles. The molecule has 0 spiro atoms. The first-order valence-electron chi connectivity index (χ1n) is 5.38. The molecule has 1 heterocycles. The van der Waals surface area contributed by atoms with Crippen molar-refractivity contribution in [2.75, 3.05) is 7.11 Å². The van der Waals surface area contributed by atoms with Gasteiger partial charge >= 0.3 is 12.3 Å². The van der Waals surface area contributed by atoms with Crippen LogP contribution in [0, 0.1) is 5.82 Å². The third-order valence-corrected chi connectivity index (χ3v) is 2.93. The maximum Gasteiger partial charge on any atom is 0.419 e. The Morgan fingerprint density at radius 3 is 2.58 bits per heavy atom. The molecule has 1 aliphatic carbocycles. The van der Waals surface area contributed by atoms with E-state index in [4.69, 9.17) is 0 Å². The molecule has 19 heavy (non-hydrogen) atoms. The molecule has 1 amide bonds. The number of nitrogens with zero attached hydrogens (tertiary/aromatic N) is 1. The first kappa shape index (κ1) is 13.6. The largest absolute Gasteiger partial charge is 0.453 e. The van der Waals surface area contributed by atoms with Gasteiger partial charge in [-0.15, -0.1) is 0 Å². The summed E-state index contributed by atoms with van der Waals surface area (Å²) in [7, 11) is 1.14. The summed E-state index contributed by atoms with van der Waals surface area (Å²) >= 11 is 0. The number of halogens is 4. The van der Waals surface area contributed by atoms with Gasteiger partial charge in [-0.2, -0.15) is 13.2 Å². The van der Waals surface area contributed by atoms with E-state index in [1.165, 1.54) is 0 Å². The average Bonchev–Trinajstić information content (AvgIpc) is 3.08. The van der Waals surface area contributed by atoms with Crippen LogP contribution in [0.4, 0.5) is 22.4 Å². The lowest BCUT2D eigenvalue weighted by molar-refractivity contribution is -0.140. The van der Waals surface area contributed by atoms with Gasteiger partial charge < -0.3 is 10.1 Å². The molecule has 8 heteroatoms. The molecule has 1 aromatic heterocycles. The molecular weight excluding hydrogens is 268 g/mol. The Hall–Kier alpha value is -1.86. The SMILES string of the molecule is COC(=O)NC1(c2cc(C(F)(F)F)c(F)cn2)CC1. The van der Waals surface area contributed by atoms with E-state index in [1.807, 2.05) is 0 Å². The minimum absolute atomic E-state index is 0.0216. The number of ether oxygens (including phenoxy) is 1. The van der Waals surface area contributed by atoms with Crippen molar-refractivity contribution >= 4 is 6.09 Å². The number of carbonyl (C=O) groups excluding carboxylic acids is 1. The second-order valence-corrected chi connectivity index (χ2v) is 4.25. The predicted octanol–water partition coefficient (Wildman–Crippen LogP) is 2.58. The molecule has 0 unspecified atom stereocenters. The molecule has 1 saturated carbocycles. The third-order valence-electron chi connectivity index (χ3n) is 2.93. The zero-order valence-electron chi connectivity index (χ0n) is 9.84. The Labute approximate surface area is 105 Å². The lowest BCUT2D eigenvalue weighted by Gasteiger charge is -2.17. The summed E-state index contributed by atoms with van der Waals surface area (Å²) in [6, 6.07) is 0.623. The predicted molar refractivity (Wildman–Crippen MR) is 55.6 cm³/mol. The van der Waals surface area contributed by atoms with Crippen LogP contribution in [0.25, 0.3) is 0 Å². The number of aromatic nitrogens is 1. The number of alkyl halides is 3. The van der Waals surface area contributed by atoms with Gasteiger partial charge in [-0.05, 0) is 18.9 Å². The van der Waals surface area contributed by atoms with Crippen LogP contribution in [0.2, 0.25) is 0 Å². The van der Waals surface area contributed by atoms with E-state index in [9.17, 15) is 22.4 Å². The van der Waals surface area contributed by atoms with Gasteiger partial charge in [0.25, 0.3) is 0 Å². The van der Waals surface area contributed by atoms with Crippen LogP contribution in [-0.2, 0) is 16.5 Å². The molecule has 0 radical (unpaired) electrons. The first-order chi connectivity index (χ1) is 8.78. The minimum atomic E-state index is -4.80. The summed E-state index contributed by atoms with van der Waals surface area (Å²) < 4.78 is 55.3. The van der Waals surface area contributed by atoms with Crippen LogP contribution < -0.4 is 5.32 Å². The minimum Gasteiger partial charge on any atom is -0.453 e. The molecule has 1 N–H and O–H groups in total. The van der Waals surface area contributed by atoms with Gasteiger partial charge in [-0.1, -0.05) is 0 Å². The molecule has 0 aliphatic heterocycles. The maximum absolute atomic E-state index is 13.1. The standard InChI is InChI=1S/C11H10F4N2O2/c1-19-9(18)17-10(2-3-10)8-4-6(11(13,14)15)7(12)5-16-8/h4-5H,2-3H2,1H3,(H,17,18). The van der Waals surface area contributed by atoms with Crippen LogP contribution in [-0.4, -0.2) is 18.2 Å². The van der Waals surface area contributed by atoms with Crippen LogP contribution in [0.5, 0.6) is 0 Å². The van der Waals surface area contributed by atoms with E-state index < -0.39 is 29.2 Å². The highest BCUT2D eigenvalue weighted by Gasteiger charge is 2.49.